The molecule has 4 bridgehead atoms. The number of rotatable bonds is 6. The van der Waals surface area contributed by atoms with Crippen LogP contribution < -0.4 is 10.1 Å². The quantitative estimate of drug-likeness (QED) is 0.569. The second-order valence-electron chi connectivity index (χ2n) is 10.8. The molecular formula is C26H32ClNO. The fourth-order valence-corrected chi connectivity index (χ4v) is 7.68. The van der Waals surface area contributed by atoms with Crippen LogP contribution in [-0.2, 0) is 13.2 Å². The van der Waals surface area contributed by atoms with Gasteiger partial charge in [0, 0.05) is 22.7 Å². The van der Waals surface area contributed by atoms with Gasteiger partial charge in [-0.3, -0.25) is 0 Å². The molecule has 0 heterocycles. The van der Waals surface area contributed by atoms with Crippen LogP contribution in [0.1, 0.15) is 63.5 Å². The molecule has 2 aromatic carbocycles. The molecule has 4 fully saturated rings. The predicted molar refractivity (Wildman–Crippen MR) is 119 cm³/mol. The van der Waals surface area contributed by atoms with Gasteiger partial charge in [0.05, 0.1) is 0 Å². The van der Waals surface area contributed by atoms with E-state index in [1.165, 1.54) is 49.7 Å². The first-order valence-electron chi connectivity index (χ1n) is 11.0. The molecule has 0 radical (unpaired) electrons. The zero-order chi connectivity index (χ0) is 20.1. The summed E-state index contributed by atoms with van der Waals surface area (Å²) in [6.45, 7) is 6.46. The molecule has 0 aliphatic heterocycles. The zero-order valence-electron chi connectivity index (χ0n) is 17.6. The van der Waals surface area contributed by atoms with Crippen molar-refractivity contribution in [1.29, 1.82) is 0 Å². The Morgan fingerprint density at radius 3 is 2.38 bits per heavy atom. The molecule has 4 saturated carbocycles. The number of ether oxygens (including phenoxy) is 1. The Morgan fingerprint density at radius 2 is 1.69 bits per heavy atom. The van der Waals surface area contributed by atoms with Crippen molar-refractivity contribution in [3.8, 4) is 5.75 Å². The molecule has 0 spiro atoms. The normalized spacial score (nSPS) is 35.1. The van der Waals surface area contributed by atoms with Crippen LogP contribution >= 0.6 is 11.6 Å². The third-order valence-electron chi connectivity index (χ3n) is 7.54. The number of hydrogen-bond donors (Lipinski definition) is 1. The summed E-state index contributed by atoms with van der Waals surface area (Å²) in [6, 6.07) is 16.4. The maximum Gasteiger partial charge on any atom is 0.124 e. The van der Waals surface area contributed by atoms with Gasteiger partial charge in [0.2, 0.25) is 0 Å². The van der Waals surface area contributed by atoms with Gasteiger partial charge in [-0.2, -0.15) is 0 Å². The van der Waals surface area contributed by atoms with Crippen LogP contribution in [0, 0.1) is 16.7 Å². The van der Waals surface area contributed by atoms with E-state index in [0.29, 0.717) is 17.4 Å². The third kappa shape index (κ3) is 3.94. The van der Waals surface area contributed by atoms with Crippen LogP contribution in [0.25, 0.3) is 0 Å². The van der Waals surface area contributed by atoms with E-state index < -0.39 is 0 Å². The number of halogens is 1. The van der Waals surface area contributed by atoms with Gasteiger partial charge in [-0.15, -0.1) is 0 Å². The molecule has 6 rings (SSSR count). The molecule has 154 valence electrons. The van der Waals surface area contributed by atoms with Crippen molar-refractivity contribution in [2.75, 3.05) is 0 Å². The van der Waals surface area contributed by atoms with Gasteiger partial charge >= 0.3 is 0 Å². The maximum absolute atomic E-state index is 6.35. The van der Waals surface area contributed by atoms with Crippen LogP contribution in [0.5, 0.6) is 5.75 Å². The monoisotopic (exact) mass is 409 g/mol. The minimum Gasteiger partial charge on any atom is -0.489 e. The highest BCUT2D eigenvalue weighted by atomic mass is 35.5. The van der Waals surface area contributed by atoms with Gasteiger partial charge in [0.25, 0.3) is 0 Å². The third-order valence-corrected chi connectivity index (χ3v) is 7.77. The van der Waals surface area contributed by atoms with Crippen molar-refractivity contribution in [2.24, 2.45) is 16.7 Å². The van der Waals surface area contributed by atoms with Crippen LogP contribution in [0.15, 0.2) is 48.5 Å². The van der Waals surface area contributed by atoms with Crippen molar-refractivity contribution in [1.82, 2.24) is 5.32 Å². The average Bonchev–Trinajstić information content (AvgIpc) is 2.64. The highest BCUT2D eigenvalue weighted by molar-refractivity contribution is 6.30. The van der Waals surface area contributed by atoms with E-state index >= 15 is 0 Å². The molecule has 4 atom stereocenters. The Kier molecular flexibility index (Phi) is 4.71. The van der Waals surface area contributed by atoms with Crippen LogP contribution in [0.2, 0.25) is 5.02 Å². The Bertz CT molecular complexity index is 877. The standard InChI is InChI=1S/C26H32ClNO/c1-24-11-20-12-25(2,16-24)18-26(13-20,17-24)28-14-21-10-22(27)8-9-23(21)29-15-19-6-4-3-5-7-19/h3-10,20,28H,11-18H2,1-2H3/t20?,24-,25+,26?. The molecule has 2 aromatic rings. The average molecular weight is 410 g/mol. The zero-order valence-corrected chi connectivity index (χ0v) is 18.4. The second kappa shape index (κ2) is 7.03. The lowest BCUT2D eigenvalue weighted by atomic mass is 9.43. The molecular weight excluding hydrogens is 378 g/mol. The molecule has 2 nitrogen and oxygen atoms in total. The number of nitrogens with one attached hydrogen (secondary N) is 1. The minimum absolute atomic E-state index is 0.280. The summed E-state index contributed by atoms with van der Waals surface area (Å²) >= 11 is 6.35. The van der Waals surface area contributed by atoms with Crippen molar-refractivity contribution < 1.29 is 4.74 Å². The lowest BCUT2D eigenvalue weighted by Crippen LogP contribution is -2.63. The van der Waals surface area contributed by atoms with E-state index in [1.54, 1.807) is 0 Å². The van der Waals surface area contributed by atoms with Crippen molar-refractivity contribution >= 4 is 11.6 Å². The van der Waals surface area contributed by atoms with Gasteiger partial charge in [-0.1, -0.05) is 55.8 Å². The summed E-state index contributed by atoms with van der Waals surface area (Å²) in [6.07, 6.45) is 8.21. The molecule has 0 amide bonds. The highest BCUT2D eigenvalue weighted by Crippen LogP contribution is 2.66. The van der Waals surface area contributed by atoms with E-state index in [0.717, 1.165) is 23.2 Å². The fraction of sp³-hybridized carbons (Fsp3) is 0.538. The van der Waals surface area contributed by atoms with Gasteiger partial charge < -0.3 is 10.1 Å². The van der Waals surface area contributed by atoms with Crippen molar-refractivity contribution in [3.05, 3.63) is 64.7 Å². The van der Waals surface area contributed by atoms with E-state index in [1.807, 2.05) is 18.2 Å². The molecule has 4 aliphatic carbocycles. The van der Waals surface area contributed by atoms with E-state index in [4.69, 9.17) is 16.3 Å². The lowest BCUT2D eigenvalue weighted by Gasteiger charge is -2.65. The van der Waals surface area contributed by atoms with Crippen LogP contribution in [-0.4, -0.2) is 5.54 Å². The Balaban J connectivity index is 1.32. The topological polar surface area (TPSA) is 21.3 Å². The number of hydrogen-bond acceptors (Lipinski definition) is 2. The molecule has 2 unspecified atom stereocenters. The predicted octanol–water partition coefficient (Wildman–Crippen LogP) is 6.76. The molecule has 4 aliphatic rings. The number of benzene rings is 2. The fourth-order valence-electron chi connectivity index (χ4n) is 7.49. The first kappa shape index (κ1) is 19.5. The summed E-state index contributed by atoms with van der Waals surface area (Å²) in [7, 11) is 0. The maximum atomic E-state index is 6.35. The van der Waals surface area contributed by atoms with Gasteiger partial charge in [0.1, 0.15) is 12.4 Å². The van der Waals surface area contributed by atoms with E-state index in [9.17, 15) is 0 Å². The largest absolute Gasteiger partial charge is 0.489 e. The van der Waals surface area contributed by atoms with Crippen molar-refractivity contribution in [2.45, 2.75) is 71.1 Å². The van der Waals surface area contributed by atoms with Crippen LogP contribution in [0.3, 0.4) is 0 Å². The summed E-state index contributed by atoms with van der Waals surface area (Å²) in [5.41, 5.74) is 3.66. The summed E-state index contributed by atoms with van der Waals surface area (Å²) < 4.78 is 6.19. The Hall–Kier alpha value is -1.51. The van der Waals surface area contributed by atoms with Gasteiger partial charge in [-0.25, -0.2) is 0 Å². The van der Waals surface area contributed by atoms with Gasteiger partial charge in [0.15, 0.2) is 0 Å². The summed E-state index contributed by atoms with van der Waals surface area (Å²) in [5.74, 6) is 1.83. The Labute approximate surface area is 180 Å². The smallest absolute Gasteiger partial charge is 0.124 e. The minimum atomic E-state index is 0.280. The molecule has 29 heavy (non-hydrogen) atoms. The summed E-state index contributed by atoms with van der Waals surface area (Å²) in [4.78, 5) is 0. The highest BCUT2D eigenvalue weighted by Gasteiger charge is 2.59. The SMILES string of the molecule is C[C@]12CC3CC(NCc4cc(Cl)ccc4OCc4ccccc4)(C1)C[C@@](C)(C3)C2. The first-order chi connectivity index (χ1) is 13.8. The van der Waals surface area contributed by atoms with E-state index in [2.05, 4.69) is 49.5 Å². The van der Waals surface area contributed by atoms with Crippen molar-refractivity contribution in [3.63, 3.8) is 0 Å². The van der Waals surface area contributed by atoms with Crippen LogP contribution in [0.4, 0.5) is 0 Å². The van der Waals surface area contributed by atoms with Gasteiger partial charge in [-0.05, 0) is 79.0 Å². The molecule has 3 heteroatoms. The van der Waals surface area contributed by atoms with E-state index in [-0.39, 0.29) is 5.54 Å². The first-order valence-corrected chi connectivity index (χ1v) is 11.4. The Morgan fingerprint density at radius 1 is 0.966 bits per heavy atom. The molecule has 1 N–H and O–H groups in total. The summed E-state index contributed by atoms with van der Waals surface area (Å²) in [5, 5.41) is 4.80. The molecule has 0 aromatic heterocycles. The lowest BCUT2D eigenvalue weighted by molar-refractivity contribution is -0.118. The second-order valence-corrected chi connectivity index (χ2v) is 11.2. The molecule has 0 saturated heterocycles.